The molecule has 14 heavy (non-hydrogen) atoms. The average molecular weight is 229 g/mol. The molecule has 1 heterocycles. The molecule has 2 aromatic rings. The molecule has 1 N–H and O–H groups in total. The van der Waals surface area contributed by atoms with Crippen molar-refractivity contribution in [3.63, 3.8) is 0 Å². The Kier molecular flexibility index (Phi) is 1.97. The van der Waals surface area contributed by atoms with Crippen LogP contribution in [0.15, 0.2) is 27.5 Å². The van der Waals surface area contributed by atoms with Crippen LogP contribution < -0.4 is 0 Å². The minimum absolute atomic E-state index is 0.225. The van der Waals surface area contributed by atoms with Crippen LogP contribution in [0.1, 0.15) is 0 Å². The van der Waals surface area contributed by atoms with Crippen molar-refractivity contribution in [2.24, 2.45) is 0 Å². The van der Waals surface area contributed by atoms with Gasteiger partial charge in [0.05, 0.1) is 10.4 Å². The van der Waals surface area contributed by atoms with E-state index >= 15 is 0 Å². The fraction of sp³-hybridized carbons (Fsp3) is 0.125. The molecule has 0 aliphatic carbocycles. The third kappa shape index (κ3) is 1.58. The van der Waals surface area contributed by atoms with Gasteiger partial charge in [-0.2, -0.15) is 0 Å². The lowest BCUT2D eigenvalue weighted by Crippen LogP contribution is -1.95. The molecule has 2 rings (SSSR count). The number of hydrogen-bond donors (Lipinski definition) is 1. The molecule has 0 spiro atoms. The summed E-state index contributed by atoms with van der Waals surface area (Å²) in [6, 6.07) is 4.60. The Labute approximate surface area is 85.5 Å². The Morgan fingerprint density at radius 3 is 2.79 bits per heavy atom. The maximum absolute atomic E-state index is 11.2. The largest absolute Gasteiger partial charge is 0.429 e. The van der Waals surface area contributed by atoms with Crippen LogP contribution in [0.2, 0.25) is 0 Å². The molecule has 0 amide bonds. The van der Waals surface area contributed by atoms with Crippen LogP contribution in [-0.2, 0) is 9.84 Å². The normalized spacial score (nSPS) is 12.1. The maximum Gasteiger partial charge on any atom is 0.266 e. The second-order valence-corrected chi connectivity index (χ2v) is 5.33. The highest BCUT2D eigenvalue weighted by Crippen LogP contribution is 2.18. The molecular weight excluding hydrogens is 222 g/mol. The zero-order valence-electron chi connectivity index (χ0n) is 7.27. The van der Waals surface area contributed by atoms with Crippen LogP contribution in [-0.4, -0.2) is 19.7 Å². The predicted molar refractivity (Wildman–Crippen MR) is 54.5 cm³/mol. The molecule has 0 aliphatic heterocycles. The third-order valence-corrected chi connectivity index (χ3v) is 3.12. The maximum atomic E-state index is 11.2. The monoisotopic (exact) mass is 229 g/mol. The minimum atomic E-state index is -3.19. The van der Waals surface area contributed by atoms with Crippen LogP contribution in [0.4, 0.5) is 0 Å². The highest BCUT2D eigenvalue weighted by atomic mass is 32.2. The first-order chi connectivity index (χ1) is 6.47. The standard InChI is InChI=1S/C8H7NO3S2/c1-14(10,11)5-2-3-6-7(4-5)12-8(13)9-6/h2-4H,1H3,(H,9,13). The molecule has 0 saturated heterocycles. The third-order valence-electron chi connectivity index (χ3n) is 1.82. The molecule has 0 radical (unpaired) electrons. The summed E-state index contributed by atoms with van der Waals surface area (Å²) in [6.07, 6.45) is 1.15. The zero-order valence-corrected chi connectivity index (χ0v) is 8.91. The topological polar surface area (TPSA) is 63.1 Å². The molecule has 1 aromatic heterocycles. The first-order valence-electron chi connectivity index (χ1n) is 3.80. The number of fused-ring (bicyclic) bond motifs is 1. The van der Waals surface area contributed by atoms with E-state index in [-0.39, 0.29) is 9.73 Å². The van der Waals surface area contributed by atoms with Gasteiger partial charge in [-0.05, 0) is 24.4 Å². The van der Waals surface area contributed by atoms with E-state index in [1.807, 2.05) is 0 Å². The average Bonchev–Trinajstić information content (AvgIpc) is 2.41. The lowest BCUT2D eigenvalue weighted by molar-refractivity contribution is 0.581. The number of oxazole rings is 1. The lowest BCUT2D eigenvalue weighted by atomic mass is 10.3. The van der Waals surface area contributed by atoms with Crippen molar-refractivity contribution in [3.8, 4) is 0 Å². The minimum Gasteiger partial charge on any atom is -0.429 e. The van der Waals surface area contributed by atoms with Crippen LogP contribution in [0, 0.1) is 4.84 Å². The van der Waals surface area contributed by atoms with Crippen molar-refractivity contribution < 1.29 is 12.8 Å². The van der Waals surface area contributed by atoms with Gasteiger partial charge in [-0.15, -0.1) is 0 Å². The number of sulfone groups is 1. The van der Waals surface area contributed by atoms with E-state index in [0.29, 0.717) is 11.1 Å². The Morgan fingerprint density at radius 1 is 1.43 bits per heavy atom. The van der Waals surface area contributed by atoms with Crippen molar-refractivity contribution in [1.29, 1.82) is 0 Å². The van der Waals surface area contributed by atoms with Gasteiger partial charge in [0.25, 0.3) is 4.84 Å². The Balaban J connectivity index is 2.80. The van der Waals surface area contributed by atoms with Gasteiger partial charge in [0, 0.05) is 12.3 Å². The van der Waals surface area contributed by atoms with E-state index in [9.17, 15) is 8.42 Å². The van der Waals surface area contributed by atoms with Gasteiger partial charge in [-0.1, -0.05) is 0 Å². The molecule has 0 saturated carbocycles. The first kappa shape index (κ1) is 9.42. The van der Waals surface area contributed by atoms with Gasteiger partial charge in [0.15, 0.2) is 15.4 Å². The Bertz CT molecular complexity index is 636. The summed E-state index contributed by atoms with van der Waals surface area (Å²) in [5, 5.41) is 0. The molecule has 0 unspecified atom stereocenters. The number of H-pyrrole nitrogens is 1. The highest BCUT2D eigenvalue weighted by Gasteiger charge is 2.09. The predicted octanol–water partition coefficient (Wildman–Crippen LogP) is 1.89. The summed E-state index contributed by atoms with van der Waals surface area (Å²) in [4.78, 5) is 3.26. The second kappa shape index (κ2) is 2.93. The number of aromatic amines is 1. The van der Waals surface area contributed by atoms with Gasteiger partial charge < -0.3 is 9.40 Å². The van der Waals surface area contributed by atoms with E-state index in [1.165, 1.54) is 12.1 Å². The fourth-order valence-electron chi connectivity index (χ4n) is 1.16. The number of hydrogen-bond acceptors (Lipinski definition) is 4. The van der Waals surface area contributed by atoms with Crippen molar-refractivity contribution in [2.45, 2.75) is 4.90 Å². The molecule has 6 heteroatoms. The zero-order chi connectivity index (χ0) is 10.3. The second-order valence-electron chi connectivity index (χ2n) is 2.94. The number of rotatable bonds is 1. The molecule has 0 fully saturated rings. The summed E-state index contributed by atoms with van der Waals surface area (Å²) in [6.45, 7) is 0. The summed E-state index contributed by atoms with van der Waals surface area (Å²) in [5.41, 5.74) is 1.15. The van der Waals surface area contributed by atoms with Gasteiger partial charge in [-0.3, -0.25) is 0 Å². The SMILES string of the molecule is CS(=O)(=O)c1ccc2[nH]c(=S)oc2c1. The lowest BCUT2D eigenvalue weighted by Gasteiger charge is -1.95. The van der Waals surface area contributed by atoms with Crippen LogP contribution in [0.25, 0.3) is 11.1 Å². The first-order valence-corrected chi connectivity index (χ1v) is 6.10. The van der Waals surface area contributed by atoms with Crippen LogP contribution >= 0.6 is 12.2 Å². The summed E-state index contributed by atoms with van der Waals surface area (Å²) in [7, 11) is -3.19. The van der Waals surface area contributed by atoms with Gasteiger partial charge in [-0.25, -0.2) is 8.42 Å². The number of benzene rings is 1. The van der Waals surface area contributed by atoms with Gasteiger partial charge in [0.1, 0.15) is 0 Å². The molecule has 0 aliphatic rings. The van der Waals surface area contributed by atoms with Crippen molar-refractivity contribution >= 4 is 33.2 Å². The molecule has 0 atom stereocenters. The number of aromatic nitrogens is 1. The molecular formula is C8H7NO3S2. The van der Waals surface area contributed by atoms with E-state index in [0.717, 1.165) is 6.26 Å². The Morgan fingerprint density at radius 2 is 2.14 bits per heavy atom. The quantitative estimate of drug-likeness (QED) is 0.758. The highest BCUT2D eigenvalue weighted by molar-refractivity contribution is 7.90. The number of nitrogens with one attached hydrogen (secondary N) is 1. The van der Waals surface area contributed by atoms with Gasteiger partial charge >= 0.3 is 0 Å². The van der Waals surface area contributed by atoms with E-state index in [1.54, 1.807) is 6.07 Å². The Hall–Kier alpha value is -1.14. The van der Waals surface area contributed by atoms with Crippen LogP contribution in [0.3, 0.4) is 0 Å². The van der Waals surface area contributed by atoms with Crippen molar-refractivity contribution in [2.75, 3.05) is 6.26 Å². The summed E-state index contributed by atoms with van der Waals surface area (Å²) in [5.74, 6) is 0. The molecule has 1 aromatic carbocycles. The van der Waals surface area contributed by atoms with Crippen molar-refractivity contribution in [1.82, 2.24) is 4.98 Å². The van der Waals surface area contributed by atoms with E-state index < -0.39 is 9.84 Å². The fourth-order valence-corrected chi connectivity index (χ4v) is 1.99. The van der Waals surface area contributed by atoms with Crippen LogP contribution in [0.5, 0.6) is 0 Å². The smallest absolute Gasteiger partial charge is 0.266 e. The van der Waals surface area contributed by atoms with E-state index in [2.05, 4.69) is 4.98 Å². The summed E-state index contributed by atoms with van der Waals surface area (Å²) >= 11 is 4.78. The summed E-state index contributed by atoms with van der Waals surface area (Å²) < 4.78 is 27.5. The van der Waals surface area contributed by atoms with E-state index in [4.69, 9.17) is 16.6 Å². The molecule has 74 valence electrons. The molecule has 4 nitrogen and oxygen atoms in total. The van der Waals surface area contributed by atoms with Crippen molar-refractivity contribution in [3.05, 3.63) is 23.0 Å². The molecule has 0 bridgehead atoms. The van der Waals surface area contributed by atoms with Gasteiger partial charge in [0.2, 0.25) is 0 Å².